The van der Waals surface area contributed by atoms with Gasteiger partial charge >= 0.3 is 11.9 Å². The zero-order valence-electron chi connectivity index (χ0n) is 8.22. The van der Waals surface area contributed by atoms with Crippen LogP contribution in [0.5, 0.6) is 0 Å². The van der Waals surface area contributed by atoms with Gasteiger partial charge in [0.1, 0.15) is 0 Å². The summed E-state index contributed by atoms with van der Waals surface area (Å²) < 4.78 is 4.35. The monoisotopic (exact) mass is 236 g/mol. The Labute approximate surface area is 92.6 Å². The van der Waals surface area contributed by atoms with Crippen molar-refractivity contribution in [2.45, 2.75) is 19.6 Å². The largest absolute Gasteiger partial charge is 0.478 e. The van der Waals surface area contributed by atoms with Gasteiger partial charge in [-0.25, -0.2) is 9.59 Å². The van der Waals surface area contributed by atoms with Crippen molar-refractivity contribution < 1.29 is 24.5 Å². The van der Waals surface area contributed by atoms with Crippen LogP contribution in [0.25, 0.3) is 0 Å². The van der Waals surface area contributed by atoms with Crippen LogP contribution in [0.3, 0.4) is 0 Å². The van der Waals surface area contributed by atoms with Crippen LogP contribution in [0.2, 0.25) is 0 Å². The Bertz CT molecular complexity index is 237. The molecule has 0 saturated heterocycles. The molecule has 0 rings (SSSR count). The van der Waals surface area contributed by atoms with Crippen LogP contribution < -0.4 is 0 Å². The van der Waals surface area contributed by atoms with Gasteiger partial charge in [0.05, 0.1) is 0 Å². The van der Waals surface area contributed by atoms with E-state index >= 15 is 0 Å². The normalized spacial score (nSPS) is 11.1. The third-order valence-corrected chi connectivity index (χ3v) is 1.10. The molecule has 86 valence electrons. The third-order valence-electron chi connectivity index (χ3n) is 0.974. The summed E-state index contributed by atoms with van der Waals surface area (Å²) in [5, 5.41) is 16.4. The summed E-state index contributed by atoms with van der Waals surface area (Å²) in [6.45, 7) is 4.87. The van der Waals surface area contributed by atoms with Gasteiger partial charge in [-0.15, -0.1) is 0 Å². The van der Waals surface area contributed by atoms with Crippen molar-refractivity contribution in [2.75, 3.05) is 0 Å². The van der Waals surface area contributed by atoms with Crippen LogP contribution in [0, 0.1) is 0 Å². The Kier molecular flexibility index (Phi) is 11.5. The number of aliphatic carboxylic acids is 1. The Hall–Kier alpha value is -1.33. The van der Waals surface area contributed by atoms with Crippen LogP contribution in [-0.2, 0) is 14.3 Å². The van der Waals surface area contributed by atoms with Crippen molar-refractivity contribution in [2.24, 2.45) is 0 Å². The standard InChI is InChI=1S/C6H10O3.C3H3ClO2/c1-3-5(7)9-6(8)4-2;4-2-1-3(5)6/h3,6,8H,1,4H2,2H3;1-2H,(H,5,6). The molecule has 0 aromatic heterocycles. The first-order chi connectivity index (χ1) is 6.97. The van der Waals surface area contributed by atoms with Crippen LogP contribution in [0.15, 0.2) is 24.3 Å². The molecule has 6 heteroatoms. The minimum absolute atomic E-state index is 0.402. The maximum atomic E-state index is 10.3. The van der Waals surface area contributed by atoms with Crippen molar-refractivity contribution in [1.82, 2.24) is 0 Å². The van der Waals surface area contributed by atoms with Gasteiger partial charge < -0.3 is 14.9 Å². The molecule has 0 radical (unpaired) electrons. The van der Waals surface area contributed by atoms with Crippen molar-refractivity contribution in [3.8, 4) is 0 Å². The summed E-state index contributed by atoms with van der Waals surface area (Å²) in [5.41, 5.74) is 0.947. The van der Waals surface area contributed by atoms with Gasteiger partial charge in [0.15, 0.2) is 0 Å². The Balaban J connectivity index is 0. The first kappa shape index (κ1) is 16.1. The molecule has 0 saturated carbocycles. The molecule has 0 aliphatic heterocycles. The number of esters is 1. The number of hydrogen-bond donors (Lipinski definition) is 2. The number of halogens is 1. The van der Waals surface area contributed by atoms with Crippen molar-refractivity contribution in [1.29, 1.82) is 0 Å². The van der Waals surface area contributed by atoms with E-state index in [0.29, 0.717) is 6.42 Å². The molecule has 0 aliphatic carbocycles. The van der Waals surface area contributed by atoms with E-state index in [2.05, 4.69) is 11.3 Å². The molecular weight excluding hydrogens is 224 g/mol. The summed E-state index contributed by atoms with van der Waals surface area (Å²) in [7, 11) is 0. The first-order valence-electron chi connectivity index (χ1n) is 3.98. The van der Waals surface area contributed by atoms with Crippen LogP contribution >= 0.6 is 11.6 Å². The number of ether oxygens (including phenoxy) is 1. The number of carbonyl (C=O) groups is 2. The van der Waals surface area contributed by atoms with E-state index in [1.165, 1.54) is 0 Å². The second-order valence-electron chi connectivity index (χ2n) is 2.13. The molecule has 2 N–H and O–H groups in total. The van der Waals surface area contributed by atoms with Crippen LogP contribution in [0.1, 0.15) is 13.3 Å². The minimum atomic E-state index is -1.02. The predicted octanol–water partition coefficient (Wildman–Crippen LogP) is 1.27. The maximum Gasteiger partial charge on any atom is 0.332 e. The number of carboxylic acid groups (broad SMARTS) is 1. The molecule has 1 unspecified atom stereocenters. The summed E-state index contributed by atoms with van der Waals surface area (Å²) in [4.78, 5) is 19.7. The van der Waals surface area contributed by atoms with Gasteiger partial charge in [-0.3, -0.25) is 0 Å². The fourth-order valence-corrected chi connectivity index (χ4v) is 0.427. The highest BCUT2D eigenvalue weighted by Gasteiger charge is 2.02. The molecule has 15 heavy (non-hydrogen) atoms. The highest BCUT2D eigenvalue weighted by atomic mass is 35.5. The van der Waals surface area contributed by atoms with E-state index in [1.807, 2.05) is 0 Å². The van der Waals surface area contributed by atoms with E-state index in [9.17, 15) is 9.59 Å². The lowest BCUT2D eigenvalue weighted by molar-refractivity contribution is -0.161. The molecule has 0 heterocycles. The molecule has 5 nitrogen and oxygen atoms in total. The number of aliphatic hydroxyl groups is 1. The number of hydrogen-bond acceptors (Lipinski definition) is 4. The molecular formula is C9H13ClO5. The van der Waals surface area contributed by atoms with Crippen molar-refractivity contribution in [3.05, 3.63) is 24.3 Å². The van der Waals surface area contributed by atoms with E-state index in [1.54, 1.807) is 6.92 Å². The third kappa shape index (κ3) is 15.4. The number of carbonyl (C=O) groups excluding carboxylic acids is 1. The summed E-state index contributed by atoms with van der Waals surface area (Å²) in [6, 6.07) is 0. The maximum absolute atomic E-state index is 10.3. The molecule has 1 atom stereocenters. The number of carboxylic acids is 1. The molecule has 0 fully saturated rings. The van der Waals surface area contributed by atoms with Gasteiger partial charge in [0.25, 0.3) is 0 Å². The van der Waals surface area contributed by atoms with E-state index < -0.39 is 18.2 Å². The van der Waals surface area contributed by atoms with Crippen LogP contribution in [-0.4, -0.2) is 28.4 Å². The average molecular weight is 237 g/mol. The van der Waals surface area contributed by atoms with Gasteiger partial charge in [-0.1, -0.05) is 25.1 Å². The fourth-order valence-electron chi connectivity index (χ4n) is 0.319. The number of rotatable bonds is 4. The molecule has 0 aromatic rings. The number of aliphatic hydroxyl groups excluding tert-OH is 1. The fraction of sp³-hybridized carbons (Fsp3) is 0.333. The van der Waals surface area contributed by atoms with Crippen molar-refractivity contribution >= 4 is 23.5 Å². The zero-order chi connectivity index (χ0) is 12.3. The molecule has 0 bridgehead atoms. The lowest BCUT2D eigenvalue weighted by Crippen LogP contribution is -2.14. The molecule has 0 amide bonds. The summed E-state index contributed by atoms with van der Waals surface area (Å²) in [5.74, 6) is -1.62. The smallest absolute Gasteiger partial charge is 0.332 e. The Morgan fingerprint density at radius 1 is 1.60 bits per heavy atom. The van der Waals surface area contributed by atoms with Gasteiger partial charge in [0, 0.05) is 24.1 Å². The van der Waals surface area contributed by atoms with Crippen molar-refractivity contribution in [3.63, 3.8) is 0 Å². The average Bonchev–Trinajstić information content (AvgIpc) is 2.18. The first-order valence-corrected chi connectivity index (χ1v) is 4.42. The van der Waals surface area contributed by atoms with Gasteiger partial charge in [-0.2, -0.15) is 0 Å². The second kappa shape index (κ2) is 10.7. The Morgan fingerprint density at radius 2 is 2.13 bits per heavy atom. The minimum Gasteiger partial charge on any atom is -0.478 e. The summed E-state index contributed by atoms with van der Waals surface area (Å²) in [6.07, 6.45) is 1.27. The topological polar surface area (TPSA) is 83.8 Å². The lowest BCUT2D eigenvalue weighted by atomic mass is 10.5. The predicted molar refractivity (Wildman–Crippen MR) is 55.2 cm³/mol. The van der Waals surface area contributed by atoms with E-state index in [0.717, 1.165) is 17.7 Å². The zero-order valence-corrected chi connectivity index (χ0v) is 8.98. The van der Waals surface area contributed by atoms with E-state index in [4.69, 9.17) is 21.8 Å². The SMILES string of the molecule is C=CC(=O)OC(O)CC.O=C(O)C=CCl. The molecule has 0 aliphatic rings. The van der Waals surface area contributed by atoms with Gasteiger partial charge in [0.2, 0.25) is 6.29 Å². The second-order valence-corrected chi connectivity index (χ2v) is 2.39. The van der Waals surface area contributed by atoms with E-state index in [-0.39, 0.29) is 0 Å². The highest BCUT2D eigenvalue weighted by molar-refractivity contribution is 6.26. The lowest BCUT2D eigenvalue weighted by Gasteiger charge is -2.05. The highest BCUT2D eigenvalue weighted by Crippen LogP contribution is 1.92. The van der Waals surface area contributed by atoms with Gasteiger partial charge in [-0.05, 0) is 0 Å². The van der Waals surface area contributed by atoms with Crippen LogP contribution in [0.4, 0.5) is 0 Å². The molecule has 0 aromatic carbocycles. The Morgan fingerprint density at radius 3 is 2.33 bits per heavy atom. The quantitative estimate of drug-likeness (QED) is 0.436. The summed E-state index contributed by atoms with van der Waals surface area (Å²) >= 11 is 4.84. The molecule has 0 spiro atoms.